The molecule has 1 heterocycles. The minimum Gasteiger partial charge on any atom is -0.394 e. The molecule has 1 unspecified atom stereocenters. The van der Waals surface area contributed by atoms with Gasteiger partial charge in [-0.15, -0.1) is 0 Å². The van der Waals surface area contributed by atoms with E-state index in [2.05, 4.69) is 4.98 Å². The van der Waals surface area contributed by atoms with Crippen LogP contribution in [0.15, 0.2) is 18.2 Å². The maximum absolute atomic E-state index is 12.3. The number of carbonyl (C=O) groups excluding carboxylic acids is 1. The highest BCUT2D eigenvalue weighted by atomic mass is 35.5. The number of nitrogens with zero attached hydrogens (tertiary/aromatic N) is 1. The number of halogens is 2. The zero-order valence-corrected chi connectivity index (χ0v) is 12.1. The highest BCUT2D eigenvalue weighted by molar-refractivity contribution is 6.39. The maximum atomic E-state index is 12.3. The van der Waals surface area contributed by atoms with Crippen molar-refractivity contribution >= 4 is 40.0 Å². The number of H-pyrrole nitrogens is 1. The molecule has 1 atom stereocenters. The summed E-state index contributed by atoms with van der Waals surface area (Å²) in [5.41, 5.74) is 1.06. The Kier molecular flexibility index (Phi) is 4.04. The number of nitrogens with one attached hydrogen (secondary N) is 1. The molecule has 102 valence electrons. The molecule has 19 heavy (non-hydrogen) atoms. The minimum absolute atomic E-state index is 0.105. The molecule has 0 aliphatic heterocycles. The zero-order chi connectivity index (χ0) is 14.2. The fourth-order valence-electron chi connectivity index (χ4n) is 1.78. The lowest BCUT2D eigenvalue weighted by Gasteiger charge is -2.22. The van der Waals surface area contributed by atoms with Gasteiger partial charge < -0.3 is 15.0 Å². The minimum atomic E-state index is -0.279. The van der Waals surface area contributed by atoms with E-state index in [1.54, 1.807) is 32.2 Å². The third-order valence-electron chi connectivity index (χ3n) is 3.16. The van der Waals surface area contributed by atoms with Crippen molar-refractivity contribution in [1.82, 2.24) is 9.88 Å². The SMILES string of the molecule is CC(CO)N(C)C(=O)c1[nH]c2ccc(Cl)cc2c1Cl. The number of hydrogen-bond acceptors (Lipinski definition) is 2. The van der Waals surface area contributed by atoms with E-state index < -0.39 is 0 Å². The van der Waals surface area contributed by atoms with E-state index in [-0.39, 0.29) is 18.6 Å². The molecule has 0 bridgehead atoms. The van der Waals surface area contributed by atoms with Crippen LogP contribution >= 0.6 is 23.2 Å². The predicted molar refractivity (Wildman–Crippen MR) is 77.0 cm³/mol. The summed E-state index contributed by atoms with van der Waals surface area (Å²) in [5.74, 6) is -0.265. The van der Waals surface area contributed by atoms with Gasteiger partial charge in [0.15, 0.2) is 0 Å². The van der Waals surface area contributed by atoms with Crippen LogP contribution in [-0.4, -0.2) is 40.6 Å². The van der Waals surface area contributed by atoms with E-state index in [4.69, 9.17) is 28.3 Å². The van der Waals surface area contributed by atoms with Crippen LogP contribution in [0.1, 0.15) is 17.4 Å². The molecular formula is C13H14Cl2N2O2. The van der Waals surface area contributed by atoms with Gasteiger partial charge in [0.25, 0.3) is 5.91 Å². The van der Waals surface area contributed by atoms with E-state index in [1.165, 1.54) is 4.90 Å². The number of aliphatic hydroxyl groups is 1. The highest BCUT2D eigenvalue weighted by Gasteiger charge is 2.22. The third kappa shape index (κ3) is 2.56. The van der Waals surface area contributed by atoms with Crippen molar-refractivity contribution in [3.05, 3.63) is 33.9 Å². The second-order valence-corrected chi connectivity index (χ2v) is 5.27. The molecule has 1 aromatic carbocycles. The fourth-order valence-corrected chi connectivity index (χ4v) is 2.23. The van der Waals surface area contributed by atoms with Gasteiger partial charge >= 0.3 is 0 Å². The quantitative estimate of drug-likeness (QED) is 0.916. The Bertz CT molecular complexity index is 624. The summed E-state index contributed by atoms with van der Waals surface area (Å²) < 4.78 is 0. The van der Waals surface area contributed by atoms with Gasteiger partial charge in [-0.3, -0.25) is 4.79 Å². The Morgan fingerprint density at radius 1 is 1.47 bits per heavy atom. The highest BCUT2D eigenvalue weighted by Crippen LogP contribution is 2.30. The molecule has 1 amide bonds. The number of fused-ring (bicyclic) bond motifs is 1. The lowest BCUT2D eigenvalue weighted by molar-refractivity contribution is 0.0677. The van der Waals surface area contributed by atoms with Gasteiger partial charge in [-0.05, 0) is 25.1 Å². The monoisotopic (exact) mass is 300 g/mol. The Morgan fingerprint density at radius 3 is 2.79 bits per heavy atom. The number of likely N-dealkylation sites (N-methyl/N-ethyl adjacent to an activating group) is 1. The van der Waals surface area contributed by atoms with E-state index in [0.29, 0.717) is 21.1 Å². The van der Waals surface area contributed by atoms with Crippen molar-refractivity contribution in [2.45, 2.75) is 13.0 Å². The van der Waals surface area contributed by atoms with Gasteiger partial charge in [-0.25, -0.2) is 0 Å². The summed E-state index contributed by atoms with van der Waals surface area (Å²) >= 11 is 12.1. The van der Waals surface area contributed by atoms with Crippen LogP contribution in [0.4, 0.5) is 0 Å². The molecule has 0 spiro atoms. The van der Waals surface area contributed by atoms with Gasteiger partial charge in [-0.2, -0.15) is 0 Å². The normalized spacial score (nSPS) is 12.7. The summed E-state index contributed by atoms with van der Waals surface area (Å²) in [6, 6.07) is 4.93. The van der Waals surface area contributed by atoms with Crippen LogP contribution in [0.2, 0.25) is 10.0 Å². The Morgan fingerprint density at radius 2 is 2.16 bits per heavy atom. The summed E-state index contributed by atoms with van der Waals surface area (Å²) in [6.07, 6.45) is 0. The van der Waals surface area contributed by atoms with E-state index in [0.717, 1.165) is 5.52 Å². The van der Waals surface area contributed by atoms with Gasteiger partial charge in [0.05, 0.1) is 17.7 Å². The van der Waals surface area contributed by atoms with Gasteiger partial charge in [0.2, 0.25) is 0 Å². The molecule has 6 heteroatoms. The number of amides is 1. The Labute approximate surface area is 120 Å². The van der Waals surface area contributed by atoms with Crippen molar-refractivity contribution in [2.24, 2.45) is 0 Å². The number of rotatable bonds is 3. The van der Waals surface area contributed by atoms with Gasteiger partial charge in [0, 0.05) is 23.0 Å². The lowest BCUT2D eigenvalue weighted by atomic mass is 10.2. The standard InChI is InChI=1S/C13H14Cl2N2O2/c1-7(6-18)17(2)13(19)12-11(15)9-5-8(14)3-4-10(9)16-12/h3-5,7,16,18H,6H2,1-2H3. The Balaban J connectivity index is 2.46. The van der Waals surface area contributed by atoms with Crippen LogP contribution in [-0.2, 0) is 0 Å². The van der Waals surface area contributed by atoms with Crippen LogP contribution in [0, 0.1) is 0 Å². The molecule has 0 aliphatic rings. The lowest BCUT2D eigenvalue weighted by Crippen LogP contribution is -2.37. The second kappa shape index (κ2) is 5.41. The van der Waals surface area contributed by atoms with Crippen LogP contribution in [0.5, 0.6) is 0 Å². The van der Waals surface area contributed by atoms with E-state index >= 15 is 0 Å². The first kappa shape index (κ1) is 14.2. The van der Waals surface area contributed by atoms with Crippen molar-refractivity contribution in [3.63, 3.8) is 0 Å². The molecule has 4 nitrogen and oxygen atoms in total. The molecule has 0 aliphatic carbocycles. The summed E-state index contributed by atoms with van der Waals surface area (Å²) in [7, 11) is 1.62. The molecule has 2 rings (SSSR count). The first-order chi connectivity index (χ1) is 8.95. The van der Waals surface area contributed by atoms with Crippen LogP contribution < -0.4 is 0 Å². The van der Waals surface area contributed by atoms with Crippen LogP contribution in [0.3, 0.4) is 0 Å². The number of aromatic nitrogens is 1. The van der Waals surface area contributed by atoms with Gasteiger partial charge in [-0.1, -0.05) is 23.2 Å². The third-order valence-corrected chi connectivity index (χ3v) is 3.78. The zero-order valence-electron chi connectivity index (χ0n) is 10.6. The van der Waals surface area contributed by atoms with Crippen molar-refractivity contribution < 1.29 is 9.90 Å². The predicted octanol–water partition coefficient (Wildman–Crippen LogP) is 2.93. The van der Waals surface area contributed by atoms with Crippen molar-refractivity contribution in [3.8, 4) is 0 Å². The first-order valence-electron chi connectivity index (χ1n) is 5.80. The molecule has 2 aromatic rings. The molecule has 0 saturated carbocycles. The molecular weight excluding hydrogens is 287 g/mol. The number of aromatic amines is 1. The average Bonchev–Trinajstić information content (AvgIpc) is 2.73. The number of benzene rings is 1. The number of carbonyl (C=O) groups is 1. The fraction of sp³-hybridized carbons (Fsp3) is 0.308. The van der Waals surface area contributed by atoms with Crippen molar-refractivity contribution in [1.29, 1.82) is 0 Å². The Hall–Kier alpha value is -1.23. The van der Waals surface area contributed by atoms with Gasteiger partial charge in [0.1, 0.15) is 5.69 Å². The summed E-state index contributed by atoms with van der Waals surface area (Å²) in [5, 5.41) is 10.7. The van der Waals surface area contributed by atoms with Crippen molar-refractivity contribution in [2.75, 3.05) is 13.7 Å². The summed E-state index contributed by atoms with van der Waals surface area (Å²) in [6.45, 7) is 1.65. The molecule has 0 saturated heterocycles. The largest absolute Gasteiger partial charge is 0.394 e. The summed E-state index contributed by atoms with van der Waals surface area (Å²) in [4.78, 5) is 16.7. The van der Waals surface area contributed by atoms with Crippen LogP contribution in [0.25, 0.3) is 10.9 Å². The molecule has 1 aromatic heterocycles. The molecule has 0 fully saturated rings. The van der Waals surface area contributed by atoms with E-state index in [1.807, 2.05) is 0 Å². The number of hydrogen-bond donors (Lipinski definition) is 2. The first-order valence-corrected chi connectivity index (χ1v) is 6.56. The van der Waals surface area contributed by atoms with E-state index in [9.17, 15) is 4.79 Å². The smallest absolute Gasteiger partial charge is 0.271 e. The topological polar surface area (TPSA) is 56.3 Å². The maximum Gasteiger partial charge on any atom is 0.271 e. The molecule has 2 N–H and O–H groups in total. The average molecular weight is 301 g/mol. The number of aliphatic hydroxyl groups excluding tert-OH is 1. The second-order valence-electron chi connectivity index (χ2n) is 4.45. The molecule has 0 radical (unpaired) electrons.